The van der Waals surface area contributed by atoms with E-state index in [0.29, 0.717) is 43.6 Å². The van der Waals surface area contributed by atoms with E-state index < -0.39 is 6.10 Å². The van der Waals surface area contributed by atoms with Crippen molar-refractivity contribution in [2.75, 3.05) is 26.9 Å². The fraction of sp³-hybridized carbons (Fsp3) is 0.276. The molecule has 1 atom stereocenters. The molecule has 1 unspecified atom stereocenters. The second-order valence-corrected chi connectivity index (χ2v) is 8.60. The molecule has 0 amide bonds. The molecule has 0 fully saturated rings. The Hall–Kier alpha value is -3.85. The third kappa shape index (κ3) is 6.89. The van der Waals surface area contributed by atoms with Gasteiger partial charge in [0.05, 0.1) is 56.2 Å². The largest absolute Gasteiger partial charge is 0.493 e. The molecule has 37 heavy (non-hydrogen) atoms. The summed E-state index contributed by atoms with van der Waals surface area (Å²) in [6, 6.07) is 21.1. The van der Waals surface area contributed by atoms with Crippen LogP contribution in [0, 0.1) is 6.92 Å². The monoisotopic (exact) mass is 503 g/mol. The Labute approximate surface area is 217 Å². The Morgan fingerprint density at radius 2 is 1.81 bits per heavy atom. The topological polar surface area (TPSA) is 82.1 Å². The third-order valence-electron chi connectivity index (χ3n) is 5.77. The van der Waals surface area contributed by atoms with Gasteiger partial charge in [-0.2, -0.15) is 5.10 Å². The van der Waals surface area contributed by atoms with Crippen LogP contribution in [0.4, 0.5) is 0 Å². The van der Waals surface area contributed by atoms with E-state index >= 15 is 0 Å². The maximum atomic E-state index is 10.7. The van der Waals surface area contributed by atoms with Crippen LogP contribution < -0.4 is 9.47 Å². The van der Waals surface area contributed by atoms with Gasteiger partial charge in [0.2, 0.25) is 5.88 Å². The molecular weight excluding hydrogens is 470 g/mol. The molecule has 0 saturated carbocycles. The first-order valence-electron chi connectivity index (χ1n) is 12.1. The van der Waals surface area contributed by atoms with Gasteiger partial charge in [-0.3, -0.25) is 4.90 Å². The van der Waals surface area contributed by atoms with E-state index in [2.05, 4.69) is 11.5 Å². The standard InChI is InChI=1S/C29H33N3O5/c1-4-16-35-21-24(33)18-31(19-25-13-10-17-36-25)20-26-22(2)30-32(23-11-6-5-7-12-23)29(26)37-28-15-9-8-14-27(28)34-3/h4-15,17,24,33H,1,16,18-21H2,2-3H3. The predicted octanol–water partition coefficient (Wildman–Crippen LogP) is 5.14. The first kappa shape index (κ1) is 26.2. The van der Waals surface area contributed by atoms with Gasteiger partial charge in [0.15, 0.2) is 11.5 Å². The molecule has 4 aromatic rings. The summed E-state index contributed by atoms with van der Waals surface area (Å²) in [4.78, 5) is 2.09. The van der Waals surface area contributed by atoms with Gasteiger partial charge in [-0.1, -0.05) is 36.4 Å². The van der Waals surface area contributed by atoms with E-state index in [-0.39, 0.29) is 6.61 Å². The average molecular weight is 504 g/mol. The predicted molar refractivity (Wildman–Crippen MR) is 141 cm³/mol. The summed E-state index contributed by atoms with van der Waals surface area (Å²) in [5.41, 5.74) is 2.58. The van der Waals surface area contributed by atoms with Crippen LogP contribution in [0.3, 0.4) is 0 Å². The zero-order chi connectivity index (χ0) is 26.0. The minimum absolute atomic E-state index is 0.202. The lowest BCUT2D eigenvalue weighted by atomic mass is 10.2. The van der Waals surface area contributed by atoms with E-state index in [9.17, 15) is 5.11 Å². The van der Waals surface area contributed by atoms with Crippen molar-refractivity contribution in [2.24, 2.45) is 0 Å². The van der Waals surface area contributed by atoms with Crippen molar-refractivity contribution >= 4 is 0 Å². The van der Waals surface area contributed by atoms with Gasteiger partial charge in [0, 0.05) is 13.1 Å². The van der Waals surface area contributed by atoms with E-state index in [1.165, 1.54) is 0 Å². The van der Waals surface area contributed by atoms with Crippen LogP contribution in [-0.4, -0.2) is 52.8 Å². The van der Waals surface area contributed by atoms with Gasteiger partial charge in [-0.05, 0) is 43.3 Å². The number of rotatable bonds is 14. The van der Waals surface area contributed by atoms with E-state index in [0.717, 1.165) is 22.7 Å². The molecule has 4 rings (SSSR count). The van der Waals surface area contributed by atoms with Crippen LogP contribution in [0.2, 0.25) is 0 Å². The fourth-order valence-electron chi connectivity index (χ4n) is 4.05. The van der Waals surface area contributed by atoms with Gasteiger partial charge >= 0.3 is 0 Å². The van der Waals surface area contributed by atoms with E-state index in [1.54, 1.807) is 24.1 Å². The van der Waals surface area contributed by atoms with Crippen LogP contribution in [-0.2, 0) is 17.8 Å². The first-order valence-corrected chi connectivity index (χ1v) is 12.1. The molecular formula is C29H33N3O5. The summed E-state index contributed by atoms with van der Waals surface area (Å²) in [5, 5.41) is 15.5. The van der Waals surface area contributed by atoms with Crippen molar-refractivity contribution < 1.29 is 23.7 Å². The van der Waals surface area contributed by atoms with Crippen LogP contribution in [0.25, 0.3) is 5.69 Å². The van der Waals surface area contributed by atoms with Crippen LogP contribution >= 0.6 is 0 Å². The average Bonchev–Trinajstić information content (AvgIpc) is 3.53. The molecule has 0 bridgehead atoms. The lowest BCUT2D eigenvalue weighted by molar-refractivity contribution is 0.0214. The first-order chi connectivity index (χ1) is 18.1. The molecule has 0 aliphatic rings. The van der Waals surface area contributed by atoms with Gasteiger partial charge in [-0.25, -0.2) is 4.68 Å². The number of aryl methyl sites for hydroxylation is 1. The second-order valence-electron chi connectivity index (χ2n) is 8.60. The van der Waals surface area contributed by atoms with Crippen molar-refractivity contribution in [3.05, 3.63) is 103 Å². The Balaban J connectivity index is 1.69. The van der Waals surface area contributed by atoms with Crippen molar-refractivity contribution in [1.29, 1.82) is 0 Å². The summed E-state index contributed by atoms with van der Waals surface area (Å²) in [7, 11) is 1.61. The lowest BCUT2D eigenvalue weighted by Gasteiger charge is -2.24. The number of ether oxygens (including phenoxy) is 3. The fourth-order valence-corrected chi connectivity index (χ4v) is 4.05. The lowest BCUT2D eigenvalue weighted by Crippen LogP contribution is -2.34. The molecule has 2 heterocycles. The quantitative estimate of drug-likeness (QED) is 0.188. The van der Waals surface area contributed by atoms with Crippen molar-refractivity contribution in [2.45, 2.75) is 26.1 Å². The number of para-hydroxylation sites is 3. The maximum absolute atomic E-state index is 10.7. The summed E-state index contributed by atoms with van der Waals surface area (Å²) >= 11 is 0. The number of hydrogen-bond donors (Lipinski definition) is 1. The van der Waals surface area contributed by atoms with Crippen molar-refractivity contribution in [3.63, 3.8) is 0 Å². The number of aromatic nitrogens is 2. The Morgan fingerprint density at radius 3 is 2.51 bits per heavy atom. The normalized spacial score (nSPS) is 12.0. The number of benzene rings is 2. The highest BCUT2D eigenvalue weighted by molar-refractivity contribution is 5.47. The molecule has 0 aliphatic heterocycles. The molecule has 0 aliphatic carbocycles. The summed E-state index contributed by atoms with van der Waals surface area (Å²) < 4.78 is 24.9. The highest BCUT2D eigenvalue weighted by Crippen LogP contribution is 2.36. The van der Waals surface area contributed by atoms with Gasteiger partial charge in [0.25, 0.3) is 0 Å². The van der Waals surface area contributed by atoms with E-state index in [4.69, 9.17) is 23.7 Å². The third-order valence-corrected chi connectivity index (χ3v) is 5.77. The Kier molecular flexibility index (Phi) is 9.15. The SMILES string of the molecule is C=CCOCC(O)CN(Cc1ccco1)Cc1c(C)nn(-c2ccccc2)c1Oc1ccccc1OC. The van der Waals surface area contributed by atoms with Gasteiger partial charge in [0.1, 0.15) is 5.76 Å². The molecule has 2 aromatic carbocycles. The molecule has 1 N–H and O–H groups in total. The number of nitrogens with zero attached hydrogens (tertiary/aromatic N) is 3. The zero-order valence-corrected chi connectivity index (χ0v) is 21.2. The number of methoxy groups -OCH3 is 1. The zero-order valence-electron chi connectivity index (χ0n) is 21.2. The molecule has 0 spiro atoms. The van der Waals surface area contributed by atoms with Gasteiger partial charge in [-0.15, -0.1) is 6.58 Å². The molecule has 0 radical (unpaired) electrons. The smallest absolute Gasteiger partial charge is 0.227 e. The summed E-state index contributed by atoms with van der Waals surface area (Å²) in [6.45, 7) is 7.52. The van der Waals surface area contributed by atoms with Crippen molar-refractivity contribution in [1.82, 2.24) is 14.7 Å². The summed E-state index contributed by atoms with van der Waals surface area (Å²) in [5.74, 6) is 2.57. The maximum Gasteiger partial charge on any atom is 0.227 e. The molecule has 2 aromatic heterocycles. The number of hydrogen-bond acceptors (Lipinski definition) is 7. The van der Waals surface area contributed by atoms with Crippen LogP contribution in [0.15, 0.2) is 90.1 Å². The number of furan rings is 1. The number of aliphatic hydroxyl groups excluding tert-OH is 1. The second kappa shape index (κ2) is 12.9. The minimum Gasteiger partial charge on any atom is -0.493 e. The summed E-state index contributed by atoms with van der Waals surface area (Å²) in [6.07, 6.45) is 2.61. The highest BCUT2D eigenvalue weighted by atomic mass is 16.5. The van der Waals surface area contributed by atoms with Crippen LogP contribution in [0.5, 0.6) is 17.4 Å². The number of aliphatic hydroxyl groups is 1. The van der Waals surface area contributed by atoms with Crippen LogP contribution in [0.1, 0.15) is 17.0 Å². The highest BCUT2D eigenvalue weighted by Gasteiger charge is 2.24. The Bertz CT molecular complexity index is 1250. The molecule has 0 saturated heterocycles. The molecule has 194 valence electrons. The Morgan fingerprint density at radius 1 is 1.05 bits per heavy atom. The molecule has 8 heteroatoms. The molecule has 8 nitrogen and oxygen atoms in total. The minimum atomic E-state index is -0.696. The van der Waals surface area contributed by atoms with E-state index in [1.807, 2.05) is 73.7 Å². The van der Waals surface area contributed by atoms with Gasteiger partial charge < -0.3 is 23.7 Å². The van der Waals surface area contributed by atoms with Crippen molar-refractivity contribution in [3.8, 4) is 23.1 Å².